The molecular weight excluding hydrogens is 208 g/mol. The Bertz CT molecular complexity index is 247. The van der Waals surface area contributed by atoms with Crippen LogP contribution in [0.2, 0.25) is 0 Å². The summed E-state index contributed by atoms with van der Waals surface area (Å²) in [5, 5.41) is 8.57. The van der Waals surface area contributed by atoms with Crippen LogP contribution in [0, 0.1) is 0 Å². The van der Waals surface area contributed by atoms with E-state index in [1.54, 1.807) is 0 Å². The molecule has 5 nitrogen and oxygen atoms in total. The molecule has 0 saturated carbocycles. The predicted octanol–water partition coefficient (Wildman–Crippen LogP) is -0.698. The first kappa shape index (κ1) is 11.8. The molecule has 1 atom stereocenters. The van der Waals surface area contributed by atoms with Crippen LogP contribution in [0.15, 0.2) is 0 Å². The van der Waals surface area contributed by atoms with Gasteiger partial charge in [-0.1, -0.05) is 0 Å². The molecule has 5 heteroatoms. The highest BCUT2D eigenvalue weighted by molar-refractivity contribution is 5.78. The van der Waals surface area contributed by atoms with Gasteiger partial charge in [-0.15, -0.1) is 0 Å². The fraction of sp³-hybridized carbons (Fsp3) is 0.909. The van der Waals surface area contributed by atoms with E-state index >= 15 is 0 Å². The van der Waals surface area contributed by atoms with Crippen LogP contribution in [0.25, 0.3) is 0 Å². The van der Waals surface area contributed by atoms with Crippen LogP contribution in [-0.2, 0) is 9.53 Å². The summed E-state index contributed by atoms with van der Waals surface area (Å²) in [5.74, 6) is 0.321. The minimum Gasteiger partial charge on any atom is -0.394 e. The topological polar surface area (TPSA) is 53.0 Å². The van der Waals surface area contributed by atoms with Gasteiger partial charge in [-0.3, -0.25) is 9.69 Å². The molecule has 1 unspecified atom stereocenters. The zero-order valence-corrected chi connectivity index (χ0v) is 9.60. The fourth-order valence-electron chi connectivity index (χ4n) is 2.49. The van der Waals surface area contributed by atoms with E-state index in [0.29, 0.717) is 25.2 Å². The molecule has 2 fully saturated rings. The number of hydrogen-bond donors (Lipinski definition) is 1. The van der Waals surface area contributed by atoms with Gasteiger partial charge in [-0.05, 0) is 6.42 Å². The van der Waals surface area contributed by atoms with E-state index in [-0.39, 0.29) is 6.61 Å². The Kier molecular flexibility index (Phi) is 4.15. The van der Waals surface area contributed by atoms with E-state index in [2.05, 4.69) is 4.90 Å². The van der Waals surface area contributed by atoms with Gasteiger partial charge >= 0.3 is 0 Å². The quantitative estimate of drug-likeness (QED) is 0.632. The molecule has 0 aromatic rings. The van der Waals surface area contributed by atoms with E-state index in [4.69, 9.17) is 9.84 Å². The SMILES string of the molecule is O=C1CCC2CN(CCOCCO)CCN12. The van der Waals surface area contributed by atoms with Crippen molar-refractivity contribution in [3.05, 3.63) is 0 Å². The van der Waals surface area contributed by atoms with Crippen molar-refractivity contribution in [2.45, 2.75) is 18.9 Å². The van der Waals surface area contributed by atoms with Gasteiger partial charge in [-0.25, -0.2) is 0 Å². The lowest BCUT2D eigenvalue weighted by atomic mass is 10.1. The highest BCUT2D eigenvalue weighted by atomic mass is 16.5. The molecule has 92 valence electrons. The summed E-state index contributed by atoms with van der Waals surface area (Å²) in [5.41, 5.74) is 0. The Morgan fingerprint density at radius 1 is 1.38 bits per heavy atom. The number of nitrogens with zero attached hydrogens (tertiary/aromatic N) is 2. The number of carbonyl (C=O) groups excluding carboxylic acids is 1. The second-order valence-electron chi connectivity index (χ2n) is 4.42. The second-order valence-corrected chi connectivity index (χ2v) is 4.42. The van der Waals surface area contributed by atoms with Crippen LogP contribution in [0.4, 0.5) is 0 Å². The Hall–Kier alpha value is -0.650. The number of rotatable bonds is 5. The number of aliphatic hydroxyl groups excluding tert-OH is 1. The molecule has 2 heterocycles. The second kappa shape index (κ2) is 5.61. The van der Waals surface area contributed by atoms with Gasteiger partial charge in [-0.2, -0.15) is 0 Å². The van der Waals surface area contributed by atoms with Gasteiger partial charge in [0.15, 0.2) is 0 Å². The number of fused-ring (bicyclic) bond motifs is 1. The van der Waals surface area contributed by atoms with Gasteiger partial charge in [0, 0.05) is 38.6 Å². The molecule has 0 aromatic carbocycles. The molecule has 16 heavy (non-hydrogen) atoms. The van der Waals surface area contributed by atoms with Crippen LogP contribution in [0.1, 0.15) is 12.8 Å². The number of amides is 1. The highest BCUT2D eigenvalue weighted by Crippen LogP contribution is 2.22. The first-order valence-electron chi connectivity index (χ1n) is 6.01. The lowest BCUT2D eigenvalue weighted by Gasteiger charge is -2.37. The summed E-state index contributed by atoms with van der Waals surface area (Å²) in [6.07, 6.45) is 1.73. The minimum absolute atomic E-state index is 0.0882. The summed E-state index contributed by atoms with van der Waals surface area (Å²) >= 11 is 0. The van der Waals surface area contributed by atoms with Crippen molar-refractivity contribution in [3.63, 3.8) is 0 Å². The maximum atomic E-state index is 11.5. The predicted molar refractivity (Wildman–Crippen MR) is 59.1 cm³/mol. The molecule has 0 aromatic heterocycles. The number of hydrogen-bond acceptors (Lipinski definition) is 4. The van der Waals surface area contributed by atoms with Gasteiger partial charge in [0.25, 0.3) is 0 Å². The first-order valence-corrected chi connectivity index (χ1v) is 6.01. The molecule has 0 aliphatic carbocycles. The lowest BCUT2D eigenvalue weighted by Crippen LogP contribution is -2.52. The van der Waals surface area contributed by atoms with Gasteiger partial charge in [0.05, 0.1) is 19.8 Å². The van der Waals surface area contributed by atoms with Crippen LogP contribution in [-0.4, -0.2) is 72.9 Å². The first-order chi connectivity index (χ1) is 7.81. The molecule has 1 N–H and O–H groups in total. The van der Waals surface area contributed by atoms with Crippen molar-refractivity contribution >= 4 is 5.91 Å². The molecule has 0 radical (unpaired) electrons. The van der Waals surface area contributed by atoms with E-state index in [0.717, 1.165) is 39.0 Å². The standard InChI is InChI=1S/C11H20N2O3/c14-6-8-16-7-5-12-3-4-13-10(9-12)1-2-11(13)15/h10,14H,1-9H2. The molecule has 2 saturated heterocycles. The smallest absolute Gasteiger partial charge is 0.222 e. The zero-order valence-electron chi connectivity index (χ0n) is 9.60. The molecule has 0 bridgehead atoms. The average Bonchev–Trinajstić information content (AvgIpc) is 2.66. The largest absolute Gasteiger partial charge is 0.394 e. The summed E-state index contributed by atoms with van der Waals surface area (Å²) in [4.78, 5) is 15.8. The lowest BCUT2D eigenvalue weighted by molar-refractivity contribution is -0.130. The highest BCUT2D eigenvalue weighted by Gasteiger charge is 2.34. The monoisotopic (exact) mass is 228 g/mol. The van der Waals surface area contributed by atoms with E-state index in [1.165, 1.54) is 0 Å². The number of ether oxygens (including phenoxy) is 1. The summed E-state index contributed by atoms with van der Waals surface area (Å²) in [6.45, 7) is 4.87. The maximum Gasteiger partial charge on any atom is 0.222 e. The Balaban J connectivity index is 1.68. The molecule has 1 amide bonds. The number of carbonyl (C=O) groups is 1. The van der Waals surface area contributed by atoms with Gasteiger partial charge in [0.2, 0.25) is 5.91 Å². The normalized spacial score (nSPS) is 26.2. The Morgan fingerprint density at radius 2 is 2.25 bits per heavy atom. The fourth-order valence-corrected chi connectivity index (χ4v) is 2.49. The van der Waals surface area contributed by atoms with E-state index in [1.807, 2.05) is 4.90 Å². The average molecular weight is 228 g/mol. The van der Waals surface area contributed by atoms with E-state index in [9.17, 15) is 4.79 Å². The minimum atomic E-state index is 0.0882. The van der Waals surface area contributed by atoms with Crippen LogP contribution >= 0.6 is 0 Å². The third kappa shape index (κ3) is 2.72. The third-order valence-corrected chi connectivity index (χ3v) is 3.37. The molecule has 2 aliphatic heterocycles. The van der Waals surface area contributed by atoms with Gasteiger partial charge in [0.1, 0.15) is 0 Å². The number of aliphatic hydroxyl groups is 1. The van der Waals surface area contributed by atoms with Crippen molar-refractivity contribution in [1.82, 2.24) is 9.80 Å². The van der Waals surface area contributed by atoms with Crippen LogP contribution in [0.5, 0.6) is 0 Å². The van der Waals surface area contributed by atoms with Crippen molar-refractivity contribution in [1.29, 1.82) is 0 Å². The molecular formula is C11H20N2O3. The van der Waals surface area contributed by atoms with Crippen LogP contribution < -0.4 is 0 Å². The summed E-state index contributed by atoms with van der Waals surface area (Å²) in [6, 6.07) is 0.430. The van der Waals surface area contributed by atoms with Crippen molar-refractivity contribution < 1.29 is 14.6 Å². The molecule has 2 aliphatic rings. The Labute approximate surface area is 96.0 Å². The van der Waals surface area contributed by atoms with Crippen molar-refractivity contribution in [3.8, 4) is 0 Å². The van der Waals surface area contributed by atoms with Crippen molar-refractivity contribution in [2.24, 2.45) is 0 Å². The van der Waals surface area contributed by atoms with E-state index < -0.39 is 0 Å². The summed E-state index contributed by atoms with van der Waals surface area (Å²) < 4.78 is 5.25. The summed E-state index contributed by atoms with van der Waals surface area (Å²) in [7, 11) is 0. The third-order valence-electron chi connectivity index (χ3n) is 3.37. The molecule has 2 rings (SSSR count). The number of piperazine rings is 1. The van der Waals surface area contributed by atoms with Crippen LogP contribution in [0.3, 0.4) is 0 Å². The zero-order chi connectivity index (χ0) is 11.4. The van der Waals surface area contributed by atoms with Crippen molar-refractivity contribution in [2.75, 3.05) is 46.0 Å². The van der Waals surface area contributed by atoms with Gasteiger partial charge < -0.3 is 14.7 Å². The Morgan fingerprint density at radius 3 is 3.06 bits per heavy atom. The maximum absolute atomic E-state index is 11.5. The molecule has 0 spiro atoms.